The number of amides is 2. The van der Waals surface area contributed by atoms with E-state index in [-0.39, 0.29) is 12.6 Å². The van der Waals surface area contributed by atoms with E-state index in [1.54, 1.807) is 36.4 Å². The van der Waals surface area contributed by atoms with Gasteiger partial charge in [-0.05, 0) is 36.2 Å². The lowest BCUT2D eigenvalue weighted by molar-refractivity contribution is 0.262. The van der Waals surface area contributed by atoms with Crippen LogP contribution in [0.5, 0.6) is 0 Å². The zero-order valence-corrected chi connectivity index (χ0v) is 11.5. The number of rotatable bonds is 4. The Morgan fingerprint density at radius 1 is 1.05 bits per heavy atom. The molecule has 0 aliphatic heterocycles. The van der Waals surface area contributed by atoms with Crippen LogP contribution in [0.1, 0.15) is 5.56 Å². The second-order valence-electron chi connectivity index (χ2n) is 4.23. The summed E-state index contributed by atoms with van der Waals surface area (Å²) in [5.74, 6) is 0. The van der Waals surface area contributed by atoms with Crippen LogP contribution in [0.2, 0.25) is 5.02 Å². The SMILES string of the molecule is O=C(Nc1ccc(CCO)cc1)Nc1ccccc1Cl. The average molecular weight is 291 g/mol. The highest BCUT2D eigenvalue weighted by molar-refractivity contribution is 6.33. The summed E-state index contributed by atoms with van der Waals surface area (Å²) in [7, 11) is 0. The zero-order chi connectivity index (χ0) is 14.4. The monoisotopic (exact) mass is 290 g/mol. The van der Waals surface area contributed by atoms with Gasteiger partial charge in [-0.1, -0.05) is 35.9 Å². The smallest absolute Gasteiger partial charge is 0.323 e. The molecular formula is C15H15ClN2O2. The van der Waals surface area contributed by atoms with Gasteiger partial charge in [0.2, 0.25) is 0 Å². The third kappa shape index (κ3) is 3.98. The number of hydrogen-bond donors (Lipinski definition) is 3. The molecule has 3 N–H and O–H groups in total. The Kier molecular flexibility index (Phi) is 4.98. The number of nitrogens with one attached hydrogen (secondary N) is 2. The number of halogens is 1. The molecular weight excluding hydrogens is 276 g/mol. The van der Waals surface area contributed by atoms with E-state index in [1.165, 1.54) is 0 Å². The van der Waals surface area contributed by atoms with Crippen LogP contribution in [0.3, 0.4) is 0 Å². The van der Waals surface area contributed by atoms with Crippen molar-refractivity contribution in [2.24, 2.45) is 0 Å². The van der Waals surface area contributed by atoms with E-state index in [4.69, 9.17) is 16.7 Å². The summed E-state index contributed by atoms with van der Waals surface area (Å²) in [5.41, 5.74) is 2.25. The number of para-hydroxylation sites is 1. The molecule has 0 fully saturated rings. The number of carbonyl (C=O) groups is 1. The summed E-state index contributed by atoms with van der Waals surface area (Å²) in [6, 6.07) is 14.0. The first-order chi connectivity index (χ1) is 9.69. The second-order valence-corrected chi connectivity index (χ2v) is 4.64. The molecule has 2 aromatic carbocycles. The van der Waals surface area contributed by atoms with Crippen molar-refractivity contribution in [3.05, 3.63) is 59.1 Å². The van der Waals surface area contributed by atoms with Gasteiger partial charge in [0.05, 0.1) is 10.7 Å². The molecule has 0 saturated heterocycles. The van der Waals surface area contributed by atoms with Crippen molar-refractivity contribution in [3.63, 3.8) is 0 Å². The van der Waals surface area contributed by atoms with Gasteiger partial charge in [-0.15, -0.1) is 0 Å². The van der Waals surface area contributed by atoms with Gasteiger partial charge in [-0.3, -0.25) is 0 Å². The molecule has 0 atom stereocenters. The Hall–Kier alpha value is -2.04. The van der Waals surface area contributed by atoms with Crippen molar-refractivity contribution >= 4 is 29.0 Å². The van der Waals surface area contributed by atoms with Crippen LogP contribution >= 0.6 is 11.6 Å². The molecule has 4 nitrogen and oxygen atoms in total. The molecule has 0 heterocycles. The number of aliphatic hydroxyl groups excluding tert-OH is 1. The lowest BCUT2D eigenvalue weighted by Gasteiger charge is -2.09. The molecule has 0 unspecified atom stereocenters. The van der Waals surface area contributed by atoms with Crippen LogP contribution in [0, 0.1) is 0 Å². The van der Waals surface area contributed by atoms with E-state index < -0.39 is 0 Å². The molecule has 0 saturated carbocycles. The van der Waals surface area contributed by atoms with Crippen molar-refractivity contribution in [3.8, 4) is 0 Å². The van der Waals surface area contributed by atoms with Crippen molar-refractivity contribution < 1.29 is 9.90 Å². The van der Waals surface area contributed by atoms with Crippen LogP contribution in [0.15, 0.2) is 48.5 Å². The molecule has 2 aromatic rings. The fraction of sp³-hybridized carbons (Fsp3) is 0.133. The second kappa shape index (κ2) is 6.93. The number of hydrogen-bond acceptors (Lipinski definition) is 2. The van der Waals surface area contributed by atoms with E-state index >= 15 is 0 Å². The summed E-state index contributed by atoms with van der Waals surface area (Å²) < 4.78 is 0. The van der Waals surface area contributed by atoms with Gasteiger partial charge < -0.3 is 15.7 Å². The molecule has 104 valence electrons. The maximum atomic E-state index is 11.8. The van der Waals surface area contributed by atoms with Crippen LogP contribution in [0.4, 0.5) is 16.2 Å². The molecule has 5 heteroatoms. The maximum Gasteiger partial charge on any atom is 0.323 e. The highest BCUT2D eigenvalue weighted by atomic mass is 35.5. The first-order valence-electron chi connectivity index (χ1n) is 6.21. The van der Waals surface area contributed by atoms with E-state index in [1.807, 2.05) is 12.1 Å². The third-order valence-electron chi connectivity index (χ3n) is 2.73. The van der Waals surface area contributed by atoms with Crippen molar-refractivity contribution in [2.45, 2.75) is 6.42 Å². The van der Waals surface area contributed by atoms with E-state index in [0.29, 0.717) is 22.8 Å². The van der Waals surface area contributed by atoms with Gasteiger partial charge in [0, 0.05) is 12.3 Å². The van der Waals surface area contributed by atoms with E-state index in [2.05, 4.69) is 10.6 Å². The number of benzene rings is 2. The topological polar surface area (TPSA) is 61.4 Å². The number of urea groups is 1. The van der Waals surface area contributed by atoms with Gasteiger partial charge in [-0.25, -0.2) is 4.79 Å². The van der Waals surface area contributed by atoms with Gasteiger partial charge in [0.15, 0.2) is 0 Å². The number of carbonyl (C=O) groups excluding carboxylic acids is 1. The highest BCUT2D eigenvalue weighted by Gasteiger charge is 2.05. The Balaban J connectivity index is 1.96. The lowest BCUT2D eigenvalue weighted by Crippen LogP contribution is -2.19. The first-order valence-corrected chi connectivity index (χ1v) is 6.59. The predicted molar refractivity (Wildman–Crippen MR) is 81.3 cm³/mol. The number of anilines is 2. The lowest BCUT2D eigenvalue weighted by atomic mass is 10.1. The maximum absolute atomic E-state index is 11.8. The van der Waals surface area contributed by atoms with Crippen LogP contribution in [0.25, 0.3) is 0 Å². The minimum atomic E-state index is -0.354. The predicted octanol–water partition coefficient (Wildman–Crippen LogP) is 3.52. The van der Waals surface area contributed by atoms with E-state index in [9.17, 15) is 4.79 Å². The summed E-state index contributed by atoms with van der Waals surface area (Å²) in [6.45, 7) is 0.111. The average Bonchev–Trinajstić information content (AvgIpc) is 2.44. The molecule has 0 spiro atoms. The fourth-order valence-electron chi connectivity index (χ4n) is 1.73. The van der Waals surface area contributed by atoms with Gasteiger partial charge >= 0.3 is 6.03 Å². The third-order valence-corrected chi connectivity index (χ3v) is 3.06. The van der Waals surface area contributed by atoms with E-state index in [0.717, 1.165) is 5.56 Å². The van der Waals surface area contributed by atoms with Crippen molar-refractivity contribution in [2.75, 3.05) is 17.2 Å². The summed E-state index contributed by atoms with van der Waals surface area (Å²) in [4.78, 5) is 11.8. The van der Waals surface area contributed by atoms with Crippen LogP contribution < -0.4 is 10.6 Å². The summed E-state index contributed by atoms with van der Waals surface area (Å²) >= 11 is 5.96. The fourth-order valence-corrected chi connectivity index (χ4v) is 1.91. The summed E-state index contributed by atoms with van der Waals surface area (Å²) in [6.07, 6.45) is 0.603. The molecule has 0 radical (unpaired) electrons. The largest absolute Gasteiger partial charge is 0.396 e. The van der Waals surface area contributed by atoms with Crippen molar-refractivity contribution in [1.29, 1.82) is 0 Å². The Morgan fingerprint density at radius 3 is 2.40 bits per heavy atom. The summed E-state index contributed by atoms with van der Waals surface area (Å²) in [5, 5.41) is 14.7. The Labute approximate surface area is 122 Å². The Bertz CT molecular complexity index is 585. The minimum Gasteiger partial charge on any atom is -0.396 e. The molecule has 0 aliphatic rings. The molecule has 0 aromatic heterocycles. The number of aliphatic hydroxyl groups is 1. The molecule has 2 amide bonds. The molecule has 0 bridgehead atoms. The Morgan fingerprint density at radius 2 is 1.75 bits per heavy atom. The standard InChI is InChI=1S/C15H15ClN2O2/c16-13-3-1-2-4-14(13)18-15(20)17-12-7-5-11(6-8-12)9-10-19/h1-8,19H,9-10H2,(H2,17,18,20). The quantitative estimate of drug-likeness (QED) is 0.807. The molecule has 0 aliphatic carbocycles. The first kappa shape index (κ1) is 14.4. The minimum absolute atomic E-state index is 0.111. The van der Waals surface area contributed by atoms with Gasteiger partial charge in [-0.2, -0.15) is 0 Å². The van der Waals surface area contributed by atoms with Gasteiger partial charge in [0.25, 0.3) is 0 Å². The molecule has 2 rings (SSSR count). The van der Waals surface area contributed by atoms with Crippen molar-refractivity contribution in [1.82, 2.24) is 0 Å². The molecule has 20 heavy (non-hydrogen) atoms. The van der Waals surface area contributed by atoms with Crippen LogP contribution in [-0.4, -0.2) is 17.7 Å². The van der Waals surface area contributed by atoms with Gasteiger partial charge in [0.1, 0.15) is 0 Å². The highest BCUT2D eigenvalue weighted by Crippen LogP contribution is 2.20. The zero-order valence-electron chi connectivity index (χ0n) is 10.8. The van der Waals surface area contributed by atoms with Crippen LogP contribution in [-0.2, 0) is 6.42 Å². The normalized spacial score (nSPS) is 10.1.